The van der Waals surface area contributed by atoms with Crippen molar-refractivity contribution in [2.45, 2.75) is 20.3 Å². The Morgan fingerprint density at radius 3 is 2.47 bits per heavy atom. The third-order valence-electron chi connectivity index (χ3n) is 6.81. The van der Waals surface area contributed by atoms with E-state index < -0.39 is 24.4 Å². The Hall–Kier alpha value is -4.65. The van der Waals surface area contributed by atoms with Gasteiger partial charge in [-0.05, 0) is 66.8 Å². The molecule has 1 saturated heterocycles. The summed E-state index contributed by atoms with van der Waals surface area (Å²) < 4.78 is 11.3. The molecule has 4 aromatic rings. The molecule has 0 radical (unpaired) electrons. The highest BCUT2D eigenvalue weighted by molar-refractivity contribution is 6.00. The summed E-state index contributed by atoms with van der Waals surface area (Å²) in [6.45, 7) is 3.66. The van der Waals surface area contributed by atoms with E-state index in [9.17, 15) is 14.4 Å². The van der Waals surface area contributed by atoms with E-state index in [1.807, 2.05) is 68.4 Å². The maximum Gasteiger partial charge on any atom is 0.311 e. The van der Waals surface area contributed by atoms with Crippen LogP contribution in [0, 0.1) is 19.8 Å². The summed E-state index contributed by atoms with van der Waals surface area (Å²) in [4.78, 5) is 39.1. The van der Waals surface area contributed by atoms with Gasteiger partial charge in [-0.2, -0.15) is 0 Å². The number of hydrogen-bond acceptors (Lipinski definition) is 5. The zero-order valence-electron chi connectivity index (χ0n) is 21.3. The maximum absolute atomic E-state index is 12.7. The lowest BCUT2D eigenvalue weighted by Crippen LogP contribution is -2.28. The molecule has 1 aliphatic rings. The molecular weight excluding hydrogens is 480 g/mol. The fraction of sp³-hybridized carbons (Fsp3) is 0.194. The second-order valence-electron chi connectivity index (χ2n) is 9.38. The Kier molecular flexibility index (Phi) is 7.09. The summed E-state index contributed by atoms with van der Waals surface area (Å²) in [5.41, 5.74) is 3.36. The molecular formula is C31H28N2O5. The molecule has 1 heterocycles. The predicted octanol–water partition coefficient (Wildman–Crippen LogP) is 5.78. The van der Waals surface area contributed by atoms with Crippen LogP contribution >= 0.6 is 0 Å². The normalized spacial score (nSPS) is 14.9. The van der Waals surface area contributed by atoms with E-state index in [-0.39, 0.29) is 18.9 Å². The van der Waals surface area contributed by atoms with Crippen LogP contribution < -0.4 is 15.0 Å². The van der Waals surface area contributed by atoms with Crippen LogP contribution in [0.25, 0.3) is 10.8 Å². The highest BCUT2D eigenvalue weighted by Crippen LogP contribution is 2.32. The molecule has 0 saturated carbocycles. The highest BCUT2D eigenvalue weighted by atomic mass is 16.5. The van der Waals surface area contributed by atoms with Gasteiger partial charge >= 0.3 is 5.97 Å². The topological polar surface area (TPSA) is 84.9 Å². The van der Waals surface area contributed by atoms with E-state index in [4.69, 9.17) is 9.47 Å². The maximum atomic E-state index is 12.7. The lowest BCUT2D eigenvalue weighted by Gasteiger charge is -2.17. The quantitative estimate of drug-likeness (QED) is 0.320. The van der Waals surface area contributed by atoms with Crippen LogP contribution in [-0.2, 0) is 19.1 Å². The van der Waals surface area contributed by atoms with Crippen LogP contribution in [0.1, 0.15) is 17.5 Å². The molecule has 0 spiro atoms. The standard InChI is InChI=1S/C31H28N2O5/c1-20-7-5-11-27(21(20)2)32-29(34)19-37-31(36)23-17-30(35)33(18-23)24-13-15-25(16-14-24)38-28-12-6-9-22-8-3-4-10-26(22)28/h3-16,23H,17-19H2,1-2H3,(H,32,34)/t23-/m1/s1. The Morgan fingerprint density at radius 1 is 0.921 bits per heavy atom. The van der Waals surface area contributed by atoms with E-state index in [2.05, 4.69) is 5.32 Å². The Morgan fingerprint density at radius 2 is 1.66 bits per heavy atom. The number of aryl methyl sites for hydroxylation is 1. The average Bonchev–Trinajstić information content (AvgIpc) is 3.32. The smallest absolute Gasteiger partial charge is 0.311 e. The van der Waals surface area contributed by atoms with Crippen LogP contribution in [0.3, 0.4) is 0 Å². The van der Waals surface area contributed by atoms with Crippen LogP contribution in [0.5, 0.6) is 11.5 Å². The van der Waals surface area contributed by atoms with E-state index in [1.54, 1.807) is 35.2 Å². The monoisotopic (exact) mass is 508 g/mol. The highest BCUT2D eigenvalue weighted by Gasteiger charge is 2.36. The van der Waals surface area contributed by atoms with Crippen LogP contribution in [0.15, 0.2) is 84.9 Å². The number of hydrogen-bond donors (Lipinski definition) is 1. The minimum atomic E-state index is -0.636. The Labute approximate surface area is 221 Å². The summed E-state index contributed by atoms with van der Waals surface area (Å²) in [6.07, 6.45) is 0.0334. The molecule has 0 aliphatic carbocycles. The molecule has 0 unspecified atom stereocenters. The molecule has 2 amide bonds. The van der Waals surface area contributed by atoms with Gasteiger partial charge in [0, 0.05) is 29.7 Å². The van der Waals surface area contributed by atoms with Crippen LogP contribution in [-0.4, -0.2) is 30.9 Å². The van der Waals surface area contributed by atoms with E-state index >= 15 is 0 Å². The van der Waals surface area contributed by atoms with Gasteiger partial charge in [0.15, 0.2) is 6.61 Å². The number of ether oxygens (including phenoxy) is 2. The summed E-state index contributed by atoms with van der Waals surface area (Å²) in [7, 11) is 0. The molecule has 7 heteroatoms. The second-order valence-corrected chi connectivity index (χ2v) is 9.38. The third-order valence-corrected chi connectivity index (χ3v) is 6.81. The molecule has 0 aromatic heterocycles. The number of carbonyl (C=O) groups is 3. The number of anilines is 2. The first-order valence-corrected chi connectivity index (χ1v) is 12.5. The van der Waals surface area contributed by atoms with Crippen LogP contribution in [0.4, 0.5) is 11.4 Å². The number of rotatable bonds is 7. The van der Waals surface area contributed by atoms with E-state index in [1.165, 1.54) is 0 Å². The number of esters is 1. The van der Waals surface area contributed by atoms with Gasteiger partial charge in [0.05, 0.1) is 5.92 Å². The lowest BCUT2D eigenvalue weighted by atomic mass is 10.1. The number of fused-ring (bicyclic) bond motifs is 1. The fourth-order valence-corrected chi connectivity index (χ4v) is 4.55. The predicted molar refractivity (Wildman–Crippen MR) is 146 cm³/mol. The van der Waals surface area contributed by atoms with Crippen molar-refractivity contribution in [3.8, 4) is 11.5 Å². The van der Waals surface area contributed by atoms with E-state index in [0.29, 0.717) is 17.1 Å². The van der Waals surface area contributed by atoms with Crippen molar-refractivity contribution in [1.29, 1.82) is 0 Å². The van der Waals surface area contributed by atoms with Crippen LogP contribution in [0.2, 0.25) is 0 Å². The summed E-state index contributed by atoms with van der Waals surface area (Å²) in [5, 5.41) is 4.87. The first-order valence-electron chi connectivity index (χ1n) is 12.5. The lowest BCUT2D eigenvalue weighted by molar-refractivity contribution is -0.151. The van der Waals surface area contributed by atoms with Gasteiger partial charge in [-0.1, -0.05) is 48.5 Å². The van der Waals surface area contributed by atoms with Gasteiger partial charge in [-0.25, -0.2) is 0 Å². The van der Waals surface area contributed by atoms with Gasteiger partial charge in [0.1, 0.15) is 11.5 Å². The summed E-state index contributed by atoms with van der Waals surface area (Å²) in [5.74, 6) is -0.403. The van der Waals surface area contributed by atoms with Crippen molar-refractivity contribution in [1.82, 2.24) is 0 Å². The average molecular weight is 509 g/mol. The Balaban J connectivity index is 1.17. The van der Waals surface area contributed by atoms with Gasteiger partial charge < -0.3 is 19.7 Å². The summed E-state index contributed by atoms with van der Waals surface area (Å²) >= 11 is 0. The van der Waals surface area contributed by atoms with Crippen molar-refractivity contribution in [2.24, 2.45) is 5.92 Å². The summed E-state index contributed by atoms with van der Waals surface area (Å²) in [6, 6.07) is 26.7. The zero-order valence-corrected chi connectivity index (χ0v) is 21.3. The van der Waals surface area contributed by atoms with Gasteiger partial charge in [0.2, 0.25) is 5.91 Å². The molecule has 38 heavy (non-hydrogen) atoms. The minimum absolute atomic E-state index is 0.0334. The van der Waals surface area contributed by atoms with Crippen molar-refractivity contribution in [3.05, 3.63) is 96.1 Å². The van der Waals surface area contributed by atoms with Gasteiger partial charge in [-0.15, -0.1) is 0 Å². The first-order chi connectivity index (χ1) is 18.4. The molecule has 1 fully saturated rings. The Bertz CT molecular complexity index is 1510. The molecule has 4 aromatic carbocycles. The molecule has 1 N–H and O–H groups in total. The van der Waals surface area contributed by atoms with Crippen molar-refractivity contribution in [3.63, 3.8) is 0 Å². The second kappa shape index (κ2) is 10.8. The van der Waals surface area contributed by atoms with Gasteiger partial charge in [0.25, 0.3) is 5.91 Å². The van der Waals surface area contributed by atoms with Crippen molar-refractivity contribution >= 4 is 39.9 Å². The number of amides is 2. The first kappa shape index (κ1) is 25.0. The number of carbonyl (C=O) groups excluding carboxylic acids is 3. The molecule has 7 nitrogen and oxygen atoms in total. The van der Waals surface area contributed by atoms with Crippen molar-refractivity contribution < 1.29 is 23.9 Å². The molecule has 1 atom stereocenters. The molecule has 0 bridgehead atoms. The largest absolute Gasteiger partial charge is 0.457 e. The number of nitrogens with zero attached hydrogens (tertiary/aromatic N) is 1. The van der Waals surface area contributed by atoms with Crippen molar-refractivity contribution in [2.75, 3.05) is 23.4 Å². The fourth-order valence-electron chi connectivity index (χ4n) is 4.55. The number of nitrogens with one attached hydrogen (secondary N) is 1. The molecule has 5 rings (SSSR count). The zero-order chi connectivity index (χ0) is 26.6. The number of benzene rings is 4. The van der Waals surface area contributed by atoms with E-state index in [0.717, 1.165) is 27.6 Å². The van der Waals surface area contributed by atoms with Gasteiger partial charge in [-0.3, -0.25) is 14.4 Å². The SMILES string of the molecule is Cc1cccc(NC(=O)COC(=O)[C@@H]2CC(=O)N(c3ccc(Oc4cccc5ccccc45)cc3)C2)c1C. The minimum Gasteiger partial charge on any atom is -0.457 e. The molecule has 1 aliphatic heterocycles. The molecule has 192 valence electrons. The third kappa shape index (κ3) is 5.37.